The van der Waals surface area contributed by atoms with Crippen LogP contribution in [-0.2, 0) is 89.6 Å². The quantitative estimate of drug-likeness (QED) is 0.0237. The van der Waals surface area contributed by atoms with Gasteiger partial charge in [-0.25, -0.2) is 14.8 Å². The number of carbonyl (C=O) groups excluding carboxylic acids is 11. The third kappa shape index (κ3) is 19.9. The Hall–Kier alpha value is -11.7. The second kappa shape index (κ2) is 33.0. The number of carboxylic acid groups (broad SMARTS) is 1. The Bertz CT molecular complexity index is 3970. The van der Waals surface area contributed by atoms with Gasteiger partial charge in [-0.1, -0.05) is 48.5 Å². The molecule has 2 aliphatic heterocycles. The number of benzene rings is 3. The summed E-state index contributed by atoms with van der Waals surface area (Å²) in [5.41, 5.74) is 9.18. The zero-order chi connectivity index (χ0) is 69.9. The van der Waals surface area contributed by atoms with E-state index in [-0.39, 0.29) is 69.6 Å². The second-order valence-electron chi connectivity index (χ2n) is 22.7. The lowest BCUT2D eigenvalue weighted by Gasteiger charge is -2.30. The molecule has 32 nitrogen and oxygen atoms in total. The van der Waals surface area contributed by atoms with Crippen LogP contribution in [0, 0.1) is 0 Å². The van der Waals surface area contributed by atoms with Crippen molar-refractivity contribution in [3.63, 3.8) is 0 Å². The average molecular weight is 1350 g/mol. The molecule has 9 rings (SSSR count). The lowest BCUT2D eigenvalue weighted by Crippen LogP contribution is -2.60. The molecule has 4 aromatic heterocycles. The first-order valence-electron chi connectivity index (χ1n) is 30.3. The van der Waals surface area contributed by atoms with Crippen LogP contribution in [0.4, 0.5) is 13.2 Å². The van der Waals surface area contributed by atoms with Crippen LogP contribution in [0.15, 0.2) is 110 Å². The number of halogens is 3. The predicted molar refractivity (Wildman–Crippen MR) is 334 cm³/mol. The standard InChI is InChI=1S/C60H69N17O13.C2HF3O2/c61-50(80)27-66-59(89)49-10-5-17-77(49)60(90)47(18-32-11-13-37(79)14-12-32)75-55(85)43(19-33-23-64-40-8-3-1-6-38(33)40)71-52(82)28-67-53(83)45(21-35-25-62-30-68-35)73-58(88)48(29-78)76-56(86)44(20-34-24-65-41-9-4-2-7-39(34)41)72-57(87)46(22-36-26-63-31-69-36)74-54(84)42-15-16-51(81)70-42;3-2(4,5)1(6)7/h1-4,6-9,11-14,23-26,30-31,42-49,64-65,78-79H,5,10,15-22,27-29H2,(H2,61,80)(H,62,68)(H,63,69)(H,66,89)(H,67,83)(H,70,81)(H,71,82)(H,72,87)(H,73,88)(H,74,84)(H,75,85)(H,76,86);(H,6,7)/t42-,43-,44-,45-,46-,47-,48-,49-;/m0./s1. The van der Waals surface area contributed by atoms with Crippen LogP contribution < -0.4 is 53.6 Å². The van der Waals surface area contributed by atoms with E-state index in [1.54, 1.807) is 67.0 Å². The summed E-state index contributed by atoms with van der Waals surface area (Å²) in [5.74, 6) is -11.3. The number of H-pyrrole nitrogens is 4. The number of likely N-dealkylation sites (tertiary alicyclic amines) is 1. The lowest BCUT2D eigenvalue weighted by molar-refractivity contribution is -0.192. The minimum Gasteiger partial charge on any atom is -0.508 e. The van der Waals surface area contributed by atoms with Gasteiger partial charge in [-0.05, 0) is 60.2 Å². The van der Waals surface area contributed by atoms with Crippen LogP contribution in [0.3, 0.4) is 0 Å². The molecule has 2 aliphatic rings. The number of primary amides is 1. The maximum atomic E-state index is 14.7. The van der Waals surface area contributed by atoms with Gasteiger partial charge in [0.25, 0.3) is 0 Å². The van der Waals surface area contributed by atoms with Crippen molar-refractivity contribution in [2.75, 3.05) is 26.2 Å². The number of aliphatic carboxylic acids is 1. The van der Waals surface area contributed by atoms with Crippen molar-refractivity contribution in [1.29, 1.82) is 0 Å². The van der Waals surface area contributed by atoms with Crippen molar-refractivity contribution < 1.29 is 86.0 Å². The van der Waals surface area contributed by atoms with Crippen molar-refractivity contribution in [1.82, 2.24) is 82.7 Å². The Morgan fingerprint density at radius 1 is 0.598 bits per heavy atom. The number of nitrogens with two attached hydrogens (primary N) is 1. The molecular formula is C62H70F3N17O15. The number of para-hydroxylation sites is 2. The fourth-order valence-electron chi connectivity index (χ4n) is 10.9. The number of fused-ring (bicyclic) bond motifs is 2. The van der Waals surface area contributed by atoms with Crippen LogP contribution in [0.1, 0.15) is 53.8 Å². The predicted octanol–water partition coefficient (Wildman–Crippen LogP) is -2.16. The first-order valence-corrected chi connectivity index (χ1v) is 30.3. The third-order valence-corrected chi connectivity index (χ3v) is 15.8. The van der Waals surface area contributed by atoms with Crippen molar-refractivity contribution in [2.45, 2.75) is 112 Å². The number of rotatable bonds is 29. The number of hydrogen-bond donors (Lipinski definition) is 17. The van der Waals surface area contributed by atoms with Crippen LogP contribution in [0.2, 0.25) is 0 Å². The van der Waals surface area contributed by atoms with Gasteiger partial charge < -0.3 is 93.7 Å². The number of aliphatic hydroxyl groups is 1. The minimum atomic E-state index is -5.08. The van der Waals surface area contributed by atoms with E-state index in [4.69, 9.17) is 15.6 Å². The normalized spacial score (nSPS) is 16.2. The zero-order valence-electron chi connectivity index (χ0n) is 51.5. The first-order chi connectivity index (χ1) is 46.3. The smallest absolute Gasteiger partial charge is 0.490 e. The summed E-state index contributed by atoms with van der Waals surface area (Å²) in [7, 11) is 0. The molecule has 8 atom stereocenters. The van der Waals surface area contributed by atoms with Crippen molar-refractivity contribution >= 4 is 92.8 Å². The SMILES string of the molecule is NC(=O)CNC(=O)[C@@H]1CCCN1C(=O)[C@H](Cc1ccc(O)cc1)NC(=O)[C@H](Cc1c[nH]c2ccccc12)NC(=O)CNC(=O)[C@H](Cc1cnc[nH]1)NC(=O)[C@H](CO)NC(=O)[C@H](Cc1c[nH]c2ccccc12)NC(=O)[C@H](Cc1cnc[nH]1)NC(=O)[C@@H]1CCC(=O)N1.O=C(O)C(F)(F)F. The van der Waals surface area contributed by atoms with Crippen LogP contribution in [0.5, 0.6) is 5.75 Å². The molecule has 35 heteroatoms. The number of alkyl halides is 3. The molecule has 0 bridgehead atoms. The maximum absolute atomic E-state index is 14.7. The molecule has 0 aliphatic carbocycles. The number of carboxylic acids is 1. The minimum absolute atomic E-state index is 0.0544. The first kappa shape index (κ1) is 71.2. The van der Waals surface area contributed by atoms with E-state index in [2.05, 4.69) is 77.8 Å². The summed E-state index contributed by atoms with van der Waals surface area (Å²) >= 11 is 0. The molecule has 3 aromatic carbocycles. The number of phenolic OH excluding ortho intramolecular Hbond substituents is 1. The molecule has 0 spiro atoms. The van der Waals surface area contributed by atoms with Gasteiger partial charge >= 0.3 is 12.1 Å². The Balaban J connectivity index is 0.00000163. The van der Waals surface area contributed by atoms with Crippen LogP contribution >= 0.6 is 0 Å². The summed E-state index contributed by atoms with van der Waals surface area (Å²) in [4.78, 5) is 181. The molecule has 6 heterocycles. The van der Waals surface area contributed by atoms with Gasteiger partial charge in [0, 0.05) is 103 Å². The zero-order valence-corrected chi connectivity index (χ0v) is 51.5. The number of nitrogens with one attached hydrogen (secondary N) is 13. The number of nitrogens with zero attached hydrogens (tertiary/aromatic N) is 3. The number of aromatic hydroxyl groups is 1. The third-order valence-electron chi connectivity index (χ3n) is 15.8. The monoisotopic (exact) mass is 1350 g/mol. The highest BCUT2D eigenvalue weighted by Crippen LogP contribution is 2.24. The fraction of sp³-hybridized carbons (Fsp3) is 0.355. The van der Waals surface area contributed by atoms with Crippen molar-refractivity contribution in [2.24, 2.45) is 5.73 Å². The van der Waals surface area contributed by atoms with E-state index in [1.807, 2.05) is 6.07 Å². The molecule has 7 aromatic rings. The summed E-state index contributed by atoms with van der Waals surface area (Å²) in [6, 6.07) is 9.58. The van der Waals surface area contributed by atoms with E-state index in [0.29, 0.717) is 50.8 Å². The number of amides is 11. The molecule has 2 saturated heterocycles. The topological polar surface area (TPSA) is 492 Å². The molecule has 0 radical (unpaired) electrons. The highest BCUT2D eigenvalue weighted by Gasteiger charge is 2.41. The van der Waals surface area contributed by atoms with Crippen molar-refractivity contribution in [3.8, 4) is 5.75 Å². The fourth-order valence-corrected chi connectivity index (χ4v) is 10.9. The summed E-state index contributed by atoms with van der Waals surface area (Å²) in [6.07, 6.45) is 3.94. The highest BCUT2D eigenvalue weighted by molar-refractivity contribution is 6.00. The molecule has 2 fully saturated rings. The van der Waals surface area contributed by atoms with Gasteiger partial charge in [0.15, 0.2) is 0 Å². The average Bonchev–Trinajstić information content (AvgIpc) is 1.74. The van der Waals surface area contributed by atoms with E-state index in [0.717, 1.165) is 5.52 Å². The highest BCUT2D eigenvalue weighted by atomic mass is 19.4. The van der Waals surface area contributed by atoms with E-state index in [1.165, 1.54) is 42.1 Å². The van der Waals surface area contributed by atoms with Gasteiger partial charge in [-0.15, -0.1) is 0 Å². The Labute approximate surface area is 548 Å². The molecule has 11 amide bonds. The van der Waals surface area contributed by atoms with Crippen LogP contribution in [-0.4, -0.2) is 202 Å². The largest absolute Gasteiger partial charge is 0.508 e. The van der Waals surface area contributed by atoms with Crippen LogP contribution in [0.25, 0.3) is 21.8 Å². The second-order valence-corrected chi connectivity index (χ2v) is 22.7. The number of phenols is 1. The number of aliphatic hydroxyl groups excluding tert-OH is 1. The number of carbonyl (C=O) groups is 12. The molecule has 97 heavy (non-hydrogen) atoms. The summed E-state index contributed by atoms with van der Waals surface area (Å²) in [5, 5.41) is 52.6. The maximum Gasteiger partial charge on any atom is 0.490 e. The Morgan fingerprint density at radius 2 is 1.10 bits per heavy atom. The number of hydrogen-bond acceptors (Lipinski definition) is 16. The molecule has 514 valence electrons. The van der Waals surface area contributed by atoms with Gasteiger partial charge in [-0.2, -0.15) is 13.2 Å². The summed E-state index contributed by atoms with van der Waals surface area (Å²) in [6.45, 7) is -2.11. The Morgan fingerprint density at radius 3 is 1.61 bits per heavy atom. The molecule has 18 N–H and O–H groups in total. The molecular weight excluding hydrogens is 1280 g/mol. The van der Waals surface area contributed by atoms with Gasteiger partial charge in [0.05, 0.1) is 32.4 Å². The van der Waals surface area contributed by atoms with E-state index < -0.39 is 139 Å². The van der Waals surface area contributed by atoms with E-state index >= 15 is 0 Å². The molecule has 0 unspecified atom stereocenters. The number of aromatic nitrogens is 6. The molecule has 0 saturated carbocycles. The summed E-state index contributed by atoms with van der Waals surface area (Å²) < 4.78 is 31.7. The lowest BCUT2D eigenvalue weighted by atomic mass is 10.0. The van der Waals surface area contributed by atoms with Crippen molar-refractivity contribution in [3.05, 3.63) is 138 Å². The van der Waals surface area contributed by atoms with Gasteiger partial charge in [0.1, 0.15) is 54.1 Å². The van der Waals surface area contributed by atoms with E-state index in [9.17, 15) is 76.1 Å². The number of imidazole rings is 2. The van der Waals surface area contributed by atoms with Gasteiger partial charge in [-0.3, -0.25) is 52.7 Å². The number of aromatic amines is 4. The van der Waals surface area contributed by atoms with Gasteiger partial charge in [0.2, 0.25) is 65.0 Å². The Kier molecular flexibility index (Phi) is 24.2.